The molecule has 0 spiro atoms. The van der Waals surface area contributed by atoms with E-state index in [1.54, 1.807) is 0 Å². The number of rotatable bonds is 74. The number of carbonyl (C=O) groups is 4. The summed E-state index contributed by atoms with van der Waals surface area (Å²) >= 11 is 0. The molecule has 0 fully saturated rings. The Morgan fingerprint density at radius 3 is 0.723 bits per heavy atom. The summed E-state index contributed by atoms with van der Waals surface area (Å²) in [5.41, 5.74) is 0. The molecule has 17 nitrogen and oxygen atoms in total. The number of unbranched alkanes of at least 4 members (excludes halogenated alkanes) is 44. The van der Waals surface area contributed by atoms with Crippen LogP contribution < -0.4 is 0 Å². The molecule has 5 atom stereocenters. The minimum atomic E-state index is -4.96. The van der Waals surface area contributed by atoms with E-state index in [9.17, 15) is 43.2 Å². The van der Waals surface area contributed by atoms with Gasteiger partial charge in [-0.3, -0.25) is 37.3 Å². The Bertz CT molecular complexity index is 1820. The lowest BCUT2D eigenvalue weighted by Crippen LogP contribution is -2.30. The lowest BCUT2D eigenvalue weighted by atomic mass is 10.0. The maximum atomic E-state index is 13.1. The minimum absolute atomic E-state index is 0.104. The number of phosphoric ester groups is 2. The van der Waals surface area contributed by atoms with Gasteiger partial charge in [0.2, 0.25) is 0 Å². The first-order valence-corrected chi connectivity index (χ1v) is 42.0. The molecule has 0 aliphatic carbocycles. The third-order valence-electron chi connectivity index (χ3n) is 17.5. The molecule has 0 amide bonds. The van der Waals surface area contributed by atoms with E-state index >= 15 is 0 Å². The number of hydrogen-bond acceptors (Lipinski definition) is 15. The van der Waals surface area contributed by atoms with E-state index in [2.05, 4.69) is 41.5 Å². The zero-order valence-corrected chi connectivity index (χ0v) is 63.1. The largest absolute Gasteiger partial charge is 0.472 e. The van der Waals surface area contributed by atoms with Crippen LogP contribution in [0.1, 0.15) is 388 Å². The maximum Gasteiger partial charge on any atom is 0.472 e. The van der Waals surface area contributed by atoms with Crippen LogP contribution in [0.25, 0.3) is 0 Å². The Kier molecular flexibility index (Phi) is 65.5. The van der Waals surface area contributed by atoms with Gasteiger partial charge in [-0.2, -0.15) is 0 Å². The Labute approximate surface area is 575 Å². The number of carbonyl (C=O) groups excluding carboxylic acids is 4. The molecule has 19 heteroatoms. The number of phosphoric acid groups is 2. The van der Waals surface area contributed by atoms with Gasteiger partial charge in [0.1, 0.15) is 19.3 Å². The summed E-state index contributed by atoms with van der Waals surface area (Å²) in [5, 5.41) is 10.6. The number of aliphatic hydroxyl groups is 1. The van der Waals surface area contributed by atoms with Crippen molar-refractivity contribution in [2.45, 2.75) is 407 Å². The topological polar surface area (TPSA) is 237 Å². The van der Waals surface area contributed by atoms with Crippen molar-refractivity contribution in [1.29, 1.82) is 0 Å². The van der Waals surface area contributed by atoms with E-state index in [4.69, 9.17) is 37.0 Å². The van der Waals surface area contributed by atoms with E-state index in [1.807, 2.05) is 0 Å². The fourth-order valence-corrected chi connectivity index (χ4v) is 13.1. The second kappa shape index (κ2) is 66.9. The van der Waals surface area contributed by atoms with Crippen LogP contribution in [-0.2, 0) is 65.4 Å². The van der Waals surface area contributed by atoms with Crippen molar-refractivity contribution in [2.24, 2.45) is 11.8 Å². The number of esters is 4. The normalized spacial score (nSPS) is 14.0. The smallest absolute Gasteiger partial charge is 0.462 e. The van der Waals surface area contributed by atoms with Gasteiger partial charge in [-0.1, -0.05) is 337 Å². The number of aliphatic hydroxyl groups excluding tert-OH is 1. The van der Waals surface area contributed by atoms with Crippen molar-refractivity contribution < 1.29 is 80.2 Å². The Balaban J connectivity index is 5.17. The van der Waals surface area contributed by atoms with Gasteiger partial charge in [0.15, 0.2) is 12.2 Å². The standard InChI is InChI=1S/C75H146O17P2/c1-7-9-11-13-15-16-17-18-19-20-21-22-23-24-27-31-34-41-47-53-59-74(79)91-71(64-86-73(78)58-52-46-40-33-30-28-25-26-29-32-38-43-49-55-67(3)4)66-90-94(83,84)88-62-69(76)61-87-93(81,82)89-65-70(63-85-72(77)57-51-45-37-14-12-10-8-2)92-75(80)60-54-48-42-36-35-39-44-50-56-68(5)6/h67-71,76H,7-66H2,1-6H3,(H,81,82)(H,83,84)/t69-,70+,71+/m0/s1. The summed E-state index contributed by atoms with van der Waals surface area (Å²) < 4.78 is 68.3. The zero-order chi connectivity index (χ0) is 69.3. The molecule has 3 N–H and O–H groups in total. The molecule has 0 rings (SSSR count). The summed E-state index contributed by atoms with van der Waals surface area (Å²) in [4.78, 5) is 72.6. The molecule has 0 aromatic heterocycles. The highest BCUT2D eigenvalue weighted by Gasteiger charge is 2.30. The Hall–Kier alpha value is -1.94. The van der Waals surface area contributed by atoms with Crippen LogP contribution in [0.5, 0.6) is 0 Å². The highest BCUT2D eigenvalue weighted by molar-refractivity contribution is 7.47. The lowest BCUT2D eigenvalue weighted by molar-refractivity contribution is -0.161. The first kappa shape index (κ1) is 92.1. The van der Waals surface area contributed by atoms with Crippen LogP contribution in [0.4, 0.5) is 0 Å². The highest BCUT2D eigenvalue weighted by atomic mass is 31.2. The molecule has 94 heavy (non-hydrogen) atoms. The maximum absolute atomic E-state index is 13.1. The molecule has 558 valence electrons. The van der Waals surface area contributed by atoms with Crippen LogP contribution in [0.3, 0.4) is 0 Å². The molecule has 0 saturated heterocycles. The van der Waals surface area contributed by atoms with Crippen molar-refractivity contribution in [3.05, 3.63) is 0 Å². The molecular weight excluding hydrogens is 1230 g/mol. The predicted molar refractivity (Wildman–Crippen MR) is 381 cm³/mol. The zero-order valence-electron chi connectivity index (χ0n) is 61.3. The van der Waals surface area contributed by atoms with Crippen LogP contribution in [-0.4, -0.2) is 96.7 Å². The SMILES string of the molecule is CCCCCCCCCCCCCCCCCCCCCCC(=O)O[C@H](COC(=O)CCCCCCCCCCCCCCCC(C)C)COP(=O)(O)OC[C@@H](O)COP(=O)(O)OC[C@@H](COC(=O)CCCCCCCCC)OC(=O)CCCCCCCCCCC(C)C. The average molecular weight is 1380 g/mol. The van der Waals surface area contributed by atoms with Gasteiger partial charge in [0.05, 0.1) is 26.4 Å². The van der Waals surface area contributed by atoms with Crippen molar-refractivity contribution in [3.63, 3.8) is 0 Å². The Morgan fingerprint density at radius 2 is 0.489 bits per heavy atom. The van der Waals surface area contributed by atoms with Crippen molar-refractivity contribution in [2.75, 3.05) is 39.6 Å². The van der Waals surface area contributed by atoms with Gasteiger partial charge in [-0.25, -0.2) is 9.13 Å². The molecule has 0 bridgehead atoms. The average Bonchev–Trinajstić information content (AvgIpc) is 1.35. The van der Waals surface area contributed by atoms with Gasteiger partial charge < -0.3 is 33.8 Å². The van der Waals surface area contributed by atoms with Crippen LogP contribution in [0.15, 0.2) is 0 Å². The third-order valence-corrected chi connectivity index (χ3v) is 19.4. The highest BCUT2D eigenvalue weighted by Crippen LogP contribution is 2.45. The molecule has 0 aliphatic heterocycles. The molecule has 0 radical (unpaired) electrons. The monoisotopic (exact) mass is 1380 g/mol. The molecule has 0 heterocycles. The number of hydrogen-bond donors (Lipinski definition) is 3. The minimum Gasteiger partial charge on any atom is -0.462 e. The second-order valence-corrected chi connectivity index (χ2v) is 30.9. The van der Waals surface area contributed by atoms with E-state index in [0.717, 1.165) is 115 Å². The molecule has 2 unspecified atom stereocenters. The van der Waals surface area contributed by atoms with Crippen LogP contribution >= 0.6 is 15.6 Å². The van der Waals surface area contributed by atoms with Gasteiger partial charge >= 0.3 is 39.5 Å². The van der Waals surface area contributed by atoms with Crippen molar-refractivity contribution in [3.8, 4) is 0 Å². The molecule has 0 aromatic rings. The summed E-state index contributed by atoms with van der Waals surface area (Å²) in [6.07, 6.45) is 54.4. The number of ether oxygens (including phenoxy) is 4. The van der Waals surface area contributed by atoms with E-state index in [1.165, 1.54) is 193 Å². The second-order valence-electron chi connectivity index (χ2n) is 28.0. The quantitative estimate of drug-likeness (QED) is 0.0222. The van der Waals surface area contributed by atoms with Crippen LogP contribution in [0, 0.1) is 11.8 Å². The summed E-state index contributed by atoms with van der Waals surface area (Å²) in [7, 11) is -9.90. The van der Waals surface area contributed by atoms with Gasteiger partial charge in [-0.15, -0.1) is 0 Å². The lowest BCUT2D eigenvalue weighted by Gasteiger charge is -2.21. The Morgan fingerprint density at radius 1 is 0.287 bits per heavy atom. The van der Waals surface area contributed by atoms with E-state index < -0.39 is 97.5 Å². The molecule has 0 aliphatic rings. The summed E-state index contributed by atoms with van der Waals surface area (Å²) in [6, 6.07) is 0. The van der Waals surface area contributed by atoms with E-state index in [-0.39, 0.29) is 25.7 Å². The van der Waals surface area contributed by atoms with Crippen LogP contribution in [0.2, 0.25) is 0 Å². The first-order valence-electron chi connectivity index (χ1n) is 39.0. The van der Waals surface area contributed by atoms with Gasteiger partial charge in [-0.05, 0) is 37.5 Å². The van der Waals surface area contributed by atoms with Gasteiger partial charge in [0, 0.05) is 25.7 Å². The molecular formula is C75H146O17P2. The van der Waals surface area contributed by atoms with E-state index in [0.29, 0.717) is 25.7 Å². The summed E-state index contributed by atoms with van der Waals surface area (Å²) in [5.74, 6) is -0.614. The molecule has 0 aromatic carbocycles. The van der Waals surface area contributed by atoms with Crippen molar-refractivity contribution >= 4 is 39.5 Å². The summed E-state index contributed by atoms with van der Waals surface area (Å²) in [6.45, 7) is 9.52. The van der Waals surface area contributed by atoms with Gasteiger partial charge in [0.25, 0.3) is 0 Å². The first-order chi connectivity index (χ1) is 45.4. The van der Waals surface area contributed by atoms with Crippen molar-refractivity contribution in [1.82, 2.24) is 0 Å². The fourth-order valence-electron chi connectivity index (χ4n) is 11.5. The predicted octanol–water partition coefficient (Wildman–Crippen LogP) is 21.9. The third kappa shape index (κ3) is 68.6. The fraction of sp³-hybridized carbons (Fsp3) is 0.947. The molecule has 0 saturated carbocycles.